The number of rotatable bonds is 6. The molecule has 0 aliphatic rings. The lowest BCUT2D eigenvalue weighted by molar-refractivity contribution is 0.415. The van der Waals surface area contributed by atoms with E-state index in [0.29, 0.717) is 22.9 Å². The van der Waals surface area contributed by atoms with Crippen LogP contribution in [0.4, 0.5) is 5.69 Å². The van der Waals surface area contributed by atoms with E-state index in [0.717, 1.165) is 20.5 Å². The first-order chi connectivity index (χ1) is 12.4. The molecule has 0 saturated heterocycles. The minimum absolute atomic E-state index is 0.336. The topological polar surface area (TPSA) is 59.5 Å². The second-order valence-electron chi connectivity index (χ2n) is 5.69. The number of nitrogens with zero attached hydrogens (tertiary/aromatic N) is 2. The van der Waals surface area contributed by atoms with Gasteiger partial charge in [-0.1, -0.05) is 0 Å². The van der Waals surface area contributed by atoms with Gasteiger partial charge in [0.2, 0.25) is 0 Å². The number of sulfonamides is 1. The molecule has 2 aromatic heterocycles. The maximum Gasteiger partial charge on any atom is 0.265 e. The highest BCUT2D eigenvalue weighted by atomic mass is 32.2. The summed E-state index contributed by atoms with van der Waals surface area (Å²) < 4.78 is 33.1. The third kappa shape index (κ3) is 3.49. The molecule has 5 nitrogen and oxygen atoms in total. The number of ether oxygens (including phenoxy) is 1. The number of hydrogen-bond acceptors (Lipinski definition) is 6. The van der Waals surface area contributed by atoms with Crippen molar-refractivity contribution in [1.82, 2.24) is 4.98 Å². The highest BCUT2D eigenvalue weighted by molar-refractivity contribution is 7.93. The summed E-state index contributed by atoms with van der Waals surface area (Å²) in [5.41, 5.74) is 1.56. The molecular weight excluding hydrogens is 388 g/mol. The summed E-state index contributed by atoms with van der Waals surface area (Å²) in [6, 6.07) is 8.77. The second kappa shape index (κ2) is 7.38. The van der Waals surface area contributed by atoms with Crippen molar-refractivity contribution in [3.05, 3.63) is 46.3 Å². The van der Waals surface area contributed by atoms with Gasteiger partial charge in [0.1, 0.15) is 15.7 Å². The molecule has 2 heterocycles. The highest BCUT2D eigenvalue weighted by Gasteiger charge is 2.28. The third-order valence-electron chi connectivity index (χ3n) is 3.92. The van der Waals surface area contributed by atoms with Crippen LogP contribution in [0.15, 0.2) is 40.6 Å². The summed E-state index contributed by atoms with van der Waals surface area (Å²) >= 11 is 2.99. The predicted molar refractivity (Wildman–Crippen MR) is 108 cm³/mol. The molecule has 0 fully saturated rings. The summed E-state index contributed by atoms with van der Waals surface area (Å²) in [7, 11) is -2.07. The quantitative estimate of drug-likeness (QED) is 0.592. The molecule has 0 bridgehead atoms. The van der Waals surface area contributed by atoms with Gasteiger partial charge in [0.05, 0.1) is 17.7 Å². The van der Waals surface area contributed by atoms with Crippen LogP contribution in [0.5, 0.6) is 5.75 Å². The molecule has 0 unspecified atom stereocenters. The van der Waals surface area contributed by atoms with E-state index in [-0.39, 0.29) is 0 Å². The molecule has 0 amide bonds. The monoisotopic (exact) mass is 408 g/mol. The van der Waals surface area contributed by atoms with E-state index >= 15 is 0 Å². The fraction of sp³-hybridized carbons (Fsp3) is 0.278. The summed E-state index contributed by atoms with van der Waals surface area (Å²) in [6.45, 7) is 5.94. The van der Waals surface area contributed by atoms with Gasteiger partial charge in [0, 0.05) is 22.5 Å². The van der Waals surface area contributed by atoms with Crippen LogP contribution < -0.4 is 9.04 Å². The van der Waals surface area contributed by atoms with Gasteiger partial charge in [0.15, 0.2) is 0 Å². The van der Waals surface area contributed by atoms with Crippen LogP contribution in [-0.2, 0) is 10.0 Å². The molecule has 1 aromatic carbocycles. The Bertz CT molecular complexity index is 1000. The zero-order chi connectivity index (χ0) is 18.9. The fourth-order valence-electron chi connectivity index (χ4n) is 2.65. The Morgan fingerprint density at radius 3 is 2.42 bits per heavy atom. The number of aromatic nitrogens is 1. The van der Waals surface area contributed by atoms with E-state index in [1.807, 2.05) is 26.2 Å². The van der Waals surface area contributed by atoms with Crippen LogP contribution >= 0.6 is 22.7 Å². The second-order valence-corrected chi connectivity index (χ2v) is 9.64. The minimum atomic E-state index is -3.66. The molecular formula is C18H20N2O3S3. The number of anilines is 1. The summed E-state index contributed by atoms with van der Waals surface area (Å²) in [5.74, 6) is 0.690. The Balaban J connectivity index is 2.01. The lowest BCUT2D eigenvalue weighted by Gasteiger charge is -2.23. The predicted octanol–water partition coefficient (Wildman–Crippen LogP) is 4.71. The molecule has 3 aromatic rings. The normalized spacial score (nSPS) is 11.5. The van der Waals surface area contributed by atoms with E-state index in [1.54, 1.807) is 37.4 Å². The highest BCUT2D eigenvalue weighted by Crippen LogP contribution is 2.37. The molecule has 26 heavy (non-hydrogen) atoms. The maximum atomic E-state index is 13.3. The van der Waals surface area contributed by atoms with Gasteiger partial charge in [0.25, 0.3) is 10.0 Å². The van der Waals surface area contributed by atoms with Gasteiger partial charge >= 0.3 is 0 Å². The molecule has 0 aliphatic carbocycles. The molecule has 0 atom stereocenters. The van der Waals surface area contributed by atoms with Gasteiger partial charge in [-0.25, -0.2) is 13.4 Å². The fourth-order valence-corrected chi connectivity index (χ4v) is 6.55. The SMILES string of the molecule is CCN(c1ccc(OC)cc1)S(=O)(=O)c1cc(-c2nc(C)cs2)sc1C. The molecule has 0 aliphatic heterocycles. The Morgan fingerprint density at radius 1 is 1.19 bits per heavy atom. The Morgan fingerprint density at radius 2 is 1.88 bits per heavy atom. The van der Waals surface area contributed by atoms with Crippen molar-refractivity contribution in [3.8, 4) is 15.6 Å². The lowest BCUT2D eigenvalue weighted by Crippen LogP contribution is -2.30. The van der Waals surface area contributed by atoms with E-state index in [4.69, 9.17) is 4.74 Å². The average molecular weight is 409 g/mol. The number of methoxy groups -OCH3 is 1. The summed E-state index contributed by atoms with van der Waals surface area (Å²) in [6.07, 6.45) is 0. The summed E-state index contributed by atoms with van der Waals surface area (Å²) in [5, 5.41) is 2.82. The van der Waals surface area contributed by atoms with Crippen LogP contribution in [-0.4, -0.2) is 27.1 Å². The average Bonchev–Trinajstić information content (AvgIpc) is 3.22. The molecule has 8 heteroatoms. The van der Waals surface area contributed by atoms with Crippen molar-refractivity contribution < 1.29 is 13.2 Å². The zero-order valence-corrected chi connectivity index (χ0v) is 17.5. The number of thiophene rings is 1. The number of benzene rings is 1. The first-order valence-corrected chi connectivity index (χ1v) is 11.2. The largest absolute Gasteiger partial charge is 0.497 e. The van der Waals surface area contributed by atoms with Gasteiger partial charge < -0.3 is 4.74 Å². The van der Waals surface area contributed by atoms with E-state index in [9.17, 15) is 8.42 Å². The molecule has 0 saturated carbocycles. The van der Waals surface area contributed by atoms with Crippen molar-refractivity contribution in [2.45, 2.75) is 25.7 Å². The van der Waals surface area contributed by atoms with Crippen LogP contribution in [0.1, 0.15) is 17.5 Å². The molecule has 138 valence electrons. The number of hydrogen-bond donors (Lipinski definition) is 0. The maximum absolute atomic E-state index is 13.3. The Hall–Kier alpha value is -1.90. The first-order valence-electron chi connectivity index (χ1n) is 8.06. The van der Waals surface area contributed by atoms with Crippen molar-refractivity contribution in [2.24, 2.45) is 0 Å². The molecule has 0 N–H and O–H groups in total. The van der Waals surface area contributed by atoms with Gasteiger partial charge in [-0.15, -0.1) is 22.7 Å². The van der Waals surface area contributed by atoms with Gasteiger partial charge in [-0.3, -0.25) is 4.31 Å². The van der Waals surface area contributed by atoms with E-state index in [2.05, 4.69) is 4.98 Å². The first kappa shape index (κ1) is 18.9. The summed E-state index contributed by atoms with van der Waals surface area (Å²) in [4.78, 5) is 6.45. The lowest BCUT2D eigenvalue weighted by atomic mass is 10.3. The van der Waals surface area contributed by atoms with Crippen LogP contribution in [0.25, 0.3) is 9.88 Å². The molecule has 0 spiro atoms. The standard InChI is InChI=1S/C18H20N2O3S3/c1-5-20(14-6-8-15(23-4)9-7-14)26(21,22)17-10-16(25-13(17)3)18-19-12(2)11-24-18/h6-11H,5H2,1-4H3. The Kier molecular flexibility index (Phi) is 5.36. The van der Waals surface area contributed by atoms with Crippen molar-refractivity contribution in [1.29, 1.82) is 0 Å². The molecule has 0 radical (unpaired) electrons. The third-order valence-corrected chi connectivity index (χ3v) is 8.26. The smallest absolute Gasteiger partial charge is 0.265 e. The van der Waals surface area contributed by atoms with E-state index in [1.165, 1.54) is 27.0 Å². The van der Waals surface area contributed by atoms with Crippen molar-refractivity contribution in [2.75, 3.05) is 18.0 Å². The van der Waals surface area contributed by atoms with Gasteiger partial charge in [-0.05, 0) is 51.1 Å². The minimum Gasteiger partial charge on any atom is -0.497 e. The number of thiazole rings is 1. The van der Waals surface area contributed by atoms with Crippen LogP contribution in [0, 0.1) is 13.8 Å². The van der Waals surface area contributed by atoms with Crippen LogP contribution in [0.3, 0.4) is 0 Å². The van der Waals surface area contributed by atoms with E-state index < -0.39 is 10.0 Å². The van der Waals surface area contributed by atoms with Crippen molar-refractivity contribution in [3.63, 3.8) is 0 Å². The zero-order valence-electron chi connectivity index (χ0n) is 15.0. The van der Waals surface area contributed by atoms with Crippen LogP contribution in [0.2, 0.25) is 0 Å². The van der Waals surface area contributed by atoms with Gasteiger partial charge in [-0.2, -0.15) is 0 Å². The van der Waals surface area contributed by atoms with Crippen molar-refractivity contribution >= 4 is 38.4 Å². The number of aryl methyl sites for hydroxylation is 2. The Labute approximate surface area is 162 Å². The molecule has 3 rings (SSSR count).